The number of amides is 1. The molecule has 0 spiro atoms. The van der Waals surface area contributed by atoms with E-state index in [2.05, 4.69) is 15.6 Å². The summed E-state index contributed by atoms with van der Waals surface area (Å²) in [4.78, 5) is 12.0. The summed E-state index contributed by atoms with van der Waals surface area (Å²) in [5.74, 6) is -0.103. The second kappa shape index (κ2) is 6.29. The van der Waals surface area contributed by atoms with Crippen LogP contribution in [0.2, 0.25) is 0 Å². The van der Waals surface area contributed by atoms with E-state index in [1.165, 1.54) is 4.68 Å². The molecule has 1 aromatic carbocycles. The van der Waals surface area contributed by atoms with E-state index < -0.39 is 0 Å². The average Bonchev–Trinajstić information content (AvgIpc) is 2.86. The summed E-state index contributed by atoms with van der Waals surface area (Å²) in [6.45, 7) is 4.46. The lowest BCUT2D eigenvalue weighted by Crippen LogP contribution is -2.30. The Kier molecular flexibility index (Phi) is 4.47. The number of hydrogen-bond acceptors (Lipinski definition) is 4. The van der Waals surface area contributed by atoms with Crippen LogP contribution in [0.4, 0.5) is 0 Å². The molecule has 6 heteroatoms. The van der Waals surface area contributed by atoms with Gasteiger partial charge in [-0.2, -0.15) is 0 Å². The monoisotopic (exact) mass is 273 g/mol. The minimum absolute atomic E-state index is 0.0406. The number of rotatable bonds is 5. The minimum atomic E-state index is -0.103. The van der Waals surface area contributed by atoms with Crippen LogP contribution in [-0.2, 0) is 17.9 Å². The van der Waals surface area contributed by atoms with E-state index in [1.54, 1.807) is 6.20 Å². The van der Waals surface area contributed by atoms with Gasteiger partial charge in [0.15, 0.2) is 0 Å². The number of carbonyl (C=O) groups is 1. The lowest BCUT2D eigenvalue weighted by Gasteiger charge is -2.16. The molecule has 0 saturated carbocycles. The second-order valence-corrected chi connectivity index (χ2v) is 4.76. The third-order valence-corrected chi connectivity index (χ3v) is 3.13. The van der Waals surface area contributed by atoms with Crippen LogP contribution in [-0.4, -0.2) is 20.9 Å². The van der Waals surface area contributed by atoms with Crippen molar-refractivity contribution < 1.29 is 4.79 Å². The highest BCUT2D eigenvalue weighted by atomic mass is 16.2. The zero-order valence-corrected chi connectivity index (χ0v) is 11.7. The molecule has 2 aromatic rings. The van der Waals surface area contributed by atoms with Crippen molar-refractivity contribution in [1.29, 1.82) is 0 Å². The zero-order chi connectivity index (χ0) is 14.5. The highest BCUT2D eigenvalue weighted by Gasteiger charge is 2.12. The molecule has 1 amide bonds. The van der Waals surface area contributed by atoms with Gasteiger partial charge in [0.2, 0.25) is 5.91 Å². The zero-order valence-electron chi connectivity index (χ0n) is 11.7. The van der Waals surface area contributed by atoms with Crippen molar-refractivity contribution in [2.75, 3.05) is 0 Å². The number of carbonyl (C=O) groups excluding carboxylic acids is 1. The van der Waals surface area contributed by atoms with Crippen LogP contribution < -0.4 is 11.1 Å². The lowest BCUT2D eigenvalue weighted by atomic mass is 10.0. The van der Waals surface area contributed by atoms with Crippen LogP contribution >= 0.6 is 0 Å². The lowest BCUT2D eigenvalue weighted by molar-refractivity contribution is -0.122. The number of nitrogens with two attached hydrogens (primary N) is 1. The SMILES string of the molecule is Cc1ccccc1C(C)NC(=O)Cn1cc(CN)nn1. The molecular formula is C14H19N5O. The summed E-state index contributed by atoms with van der Waals surface area (Å²) in [6, 6.07) is 7.96. The van der Waals surface area contributed by atoms with Gasteiger partial charge in [-0.15, -0.1) is 5.10 Å². The molecule has 2 rings (SSSR count). The summed E-state index contributed by atoms with van der Waals surface area (Å²) in [6.07, 6.45) is 1.68. The van der Waals surface area contributed by atoms with Gasteiger partial charge in [-0.1, -0.05) is 29.5 Å². The highest BCUT2D eigenvalue weighted by Crippen LogP contribution is 2.16. The van der Waals surface area contributed by atoms with E-state index in [9.17, 15) is 4.79 Å². The van der Waals surface area contributed by atoms with E-state index >= 15 is 0 Å². The first-order valence-corrected chi connectivity index (χ1v) is 6.54. The molecule has 3 N–H and O–H groups in total. The summed E-state index contributed by atoms with van der Waals surface area (Å²) in [5.41, 5.74) is 8.39. The predicted molar refractivity (Wildman–Crippen MR) is 75.7 cm³/mol. The Balaban J connectivity index is 1.96. The Labute approximate surface area is 118 Å². The normalized spacial score (nSPS) is 12.2. The van der Waals surface area contributed by atoms with Crippen LogP contribution in [0.1, 0.15) is 29.8 Å². The van der Waals surface area contributed by atoms with Crippen molar-refractivity contribution in [3.63, 3.8) is 0 Å². The number of aryl methyl sites for hydroxylation is 1. The van der Waals surface area contributed by atoms with Crippen molar-refractivity contribution in [2.24, 2.45) is 5.73 Å². The first-order chi connectivity index (χ1) is 9.60. The molecule has 0 bridgehead atoms. The Morgan fingerprint density at radius 2 is 2.20 bits per heavy atom. The third kappa shape index (κ3) is 3.42. The average molecular weight is 273 g/mol. The number of nitrogens with zero attached hydrogens (tertiary/aromatic N) is 3. The van der Waals surface area contributed by atoms with Gasteiger partial charge in [-0.25, -0.2) is 4.68 Å². The summed E-state index contributed by atoms with van der Waals surface area (Å²) in [7, 11) is 0. The second-order valence-electron chi connectivity index (χ2n) is 4.76. The van der Waals surface area contributed by atoms with Gasteiger partial charge in [-0.05, 0) is 25.0 Å². The molecule has 0 fully saturated rings. The Bertz CT molecular complexity index is 593. The topological polar surface area (TPSA) is 85.8 Å². The number of hydrogen-bond donors (Lipinski definition) is 2. The third-order valence-electron chi connectivity index (χ3n) is 3.13. The largest absolute Gasteiger partial charge is 0.348 e. The molecule has 20 heavy (non-hydrogen) atoms. The van der Waals surface area contributed by atoms with Gasteiger partial charge in [0, 0.05) is 6.54 Å². The van der Waals surface area contributed by atoms with Gasteiger partial charge in [0.1, 0.15) is 6.54 Å². The summed E-state index contributed by atoms with van der Waals surface area (Å²) >= 11 is 0. The Morgan fingerprint density at radius 1 is 1.45 bits per heavy atom. The quantitative estimate of drug-likeness (QED) is 0.848. The van der Waals surface area contributed by atoms with E-state index in [-0.39, 0.29) is 18.5 Å². The molecule has 1 unspecified atom stereocenters. The first-order valence-electron chi connectivity index (χ1n) is 6.54. The summed E-state index contributed by atoms with van der Waals surface area (Å²) in [5, 5.41) is 10.7. The van der Waals surface area contributed by atoms with Crippen molar-refractivity contribution >= 4 is 5.91 Å². The van der Waals surface area contributed by atoms with Crippen LogP contribution in [0.25, 0.3) is 0 Å². The van der Waals surface area contributed by atoms with Gasteiger partial charge in [0.25, 0.3) is 0 Å². The molecule has 106 valence electrons. The number of aromatic nitrogens is 3. The van der Waals surface area contributed by atoms with Crippen molar-refractivity contribution in [1.82, 2.24) is 20.3 Å². The fourth-order valence-electron chi connectivity index (χ4n) is 2.09. The van der Waals surface area contributed by atoms with E-state index in [0.29, 0.717) is 12.2 Å². The maximum atomic E-state index is 12.0. The van der Waals surface area contributed by atoms with Gasteiger partial charge < -0.3 is 11.1 Å². The van der Waals surface area contributed by atoms with Crippen LogP contribution in [0, 0.1) is 6.92 Å². The molecule has 0 aliphatic heterocycles. The van der Waals surface area contributed by atoms with Crippen molar-refractivity contribution in [3.05, 3.63) is 47.3 Å². The van der Waals surface area contributed by atoms with Gasteiger partial charge in [-0.3, -0.25) is 4.79 Å². The maximum absolute atomic E-state index is 12.0. The van der Waals surface area contributed by atoms with Crippen molar-refractivity contribution in [3.8, 4) is 0 Å². The summed E-state index contributed by atoms with van der Waals surface area (Å²) < 4.78 is 1.49. The van der Waals surface area contributed by atoms with Crippen LogP contribution in [0.15, 0.2) is 30.5 Å². The molecule has 1 aromatic heterocycles. The fraction of sp³-hybridized carbons (Fsp3) is 0.357. The molecule has 1 heterocycles. The minimum Gasteiger partial charge on any atom is -0.348 e. The molecule has 0 aliphatic rings. The van der Waals surface area contributed by atoms with Gasteiger partial charge >= 0.3 is 0 Å². The Hall–Kier alpha value is -2.21. The van der Waals surface area contributed by atoms with Gasteiger partial charge in [0.05, 0.1) is 17.9 Å². The first kappa shape index (κ1) is 14.2. The molecule has 0 radical (unpaired) electrons. The fourth-order valence-corrected chi connectivity index (χ4v) is 2.09. The van der Waals surface area contributed by atoms with E-state index in [4.69, 9.17) is 5.73 Å². The van der Waals surface area contributed by atoms with Crippen molar-refractivity contribution in [2.45, 2.75) is 33.0 Å². The standard InChI is InChI=1S/C14H19N5O/c1-10-5-3-4-6-13(10)11(2)16-14(20)9-19-8-12(7-15)17-18-19/h3-6,8,11H,7,9,15H2,1-2H3,(H,16,20). The maximum Gasteiger partial charge on any atom is 0.242 e. The molecule has 0 aliphatic carbocycles. The number of benzene rings is 1. The molecule has 1 atom stereocenters. The molecule has 0 saturated heterocycles. The van der Waals surface area contributed by atoms with E-state index in [0.717, 1.165) is 11.1 Å². The Morgan fingerprint density at radius 3 is 2.85 bits per heavy atom. The molecule has 6 nitrogen and oxygen atoms in total. The van der Waals surface area contributed by atoms with E-state index in [1.807, 2.05) is 38.1 Å². The predicted octanol–water partition coefficient (Wildman–Crippen LogP) is 0.923. The van der Waals surface area contributed by atoms with Crippen LogP contribution in [0.3, 0.4) is 0 Å². The number of nitrogens with one attached hydrogen (secondary N) is 1. The smallest absolute Gasteiger partial charge is 0.242 e. The van der Waals surface area contributed by atoms with Crippen LogP contribution in [0.5, 0.6) is 0 Å². The highest BCUT2D eigenvalue weighted by molar-refractivity contribution is 5.76. The molecular weight excluding hydrogens is 254 g/mol.